The van der Waals surface area contributed by atoms with Crippen LogP contribution in [0, 0.1) is 11.8 Å². The quantitative estimate of drug-likeness (QED) is 0.693. The highest BCUT2D eigenvalue weighted by Gasteiger charge is 2.31. The first kappa shape index (κ1) is 16.9. The molecule has 1 aliphatic carbocycles. The summed E-state index contributed by atoms with van der Waals surface area (Å²) in [6.07, 6.45) is 4.10. The predicted molar refractivity (Wildman–Crippen MR) is 79.2 cm³/mol. The average Bonchev–Trinajstić information content (AvgIpc) is 2.35. The smallest absolute Gasteiger partial charge is 0.279 e. The van der Waals surface area contributed by atoms with Gasteiger partial charge in [-0.3, -0.25) is 0 Å². The van der Waals surface area contributed by atoms with Crippen molar-refractivity contribution in [3.8, 4) is 0 Å². The van der Waals surface area contributed by atoms with Crippen molar-refractivity contribution < 1.29 is 8.42 Å². The molecule has 0 amide bonds. The van der Waals surface area contributed by atoms with Crippen molar-refractivity contribution in [3.05, 3.63) is 0 Å². The minimum absolute atomic E-state index is 0.0838. The molecule has 5 nitrogen and oxygen atoms in total. The van der Waals surface area contributed by atoms with E-state index in [1.54, 1.807) is 7.05 Å². The van der Waals surface area contributed by atoms with Crippen LogP contribution in [0.15, 0.2) is 0 Å². The molecule has 19 heavy (non-hydrogen) atoms. The summed E-state index contributed by atoms with van der Waals surface area (Å²) in [5.41, 5.74) is 0. The maximum atomic E-state index is 12.2. The highest BCUT2D eigenvalue weighted by atomic mass is 32.2. The molecule has 1 rings (SSSR count). The van der Waals surface area contributed by atoms with Crippen LogP contribution < -0.4 is 10.0 Å². The van der Waals surface area contributed by atoms with Gasteiger partial charge in [0.1, 0.15) is 0 Å². The second-order valence-electron chi connectivity index (χ2n) is 5.78. The third-order valence-electron chi connectivity index (χ3n) is 4.32. The summed E-state index contributed by atoms with van der Waals surface area (Å²) in [6, 6.07) is 0.0838. The number of hydrogen-bond acceptors (Lipinski definition) is 3. The molecule has 0 aromatic rings. The fourth-order valence-electron chi connectivity index (χ4n) is 2.63. The summed E-state index contributed by atoms with van der Waals surface area (Å²) in [4.78, 5) is 0. The van der Waals surface area contributed by atoms with E-state index in [4.69, 9.17) is 0 Å². The largest absolute Gasteiger partial charge is 0.320 e. The molecule has 0 saturated heterocycles. The summed E-state index contributed by atoms with van der Waals surface area (Å²) < 4.78 is 28.8. The van der Waals surface area contributed by atoms with E-state index in [1.165, 1.54) is 10.7 Å². The van der Waals surface area contributed by atoms with Gasteiger partial charge in [-0.05, 0) is 38.3 Å². The number of nitrogens with zero attached hydrogens (tertiary/aromatic N) is 1. The van der Waals surface area contributed by atoms with Crippen molar-refractivity contribution in [3.63, 3.8) is 0 Å². The molecule has 3 atom stereocenters. The number of nitrogens with one attached hydrogen (secondary N) is 2. The van der Waals surface area contributed by atoms with Crippen molar-refractivity contribution in [2.45, 2.75) is 45.6 Å². The van der Waals surface area contributed by atoms with Crippen molar-refractivity contribution in [1.82, 2.24) is 14.3 Å². The predicted octanol–water partition coefficient (Wildman–Crippen LogP) is 1.19. The van der Waals surface area contributed by atoms with E-state index in [0.717, 1.165) is 25.8 Å². The topological polar surface area (TPSA) is 61.4 Å². The third-order valence-corrected chi connectivity index (χ3v) is 5.92. The first-order chi connectivity index (χ1) is 8.88. The Labute approximate surface area is 118 Å². The van der Waals surface area contributed by atoms with Crippen molar-refractivity contribution in [2.75, 3.05) is 27.2 Å². The zero-order valence-electron chi connectivity index (χ0n) is 12.6. The lowest BCUT2D eigenvalue weighted by Gasteiger charge is -2.35. The van der Waals surface area contributed by atoms with Crippen molar-refractivity contribution in [2.24, 2.45) is 11.8 Å². The van der Waals surface area contributed by atoms with Gasteiger partial charge in [-0.15, -0.1) is 0 Å². The lowest BCUT2D eigenvalue weighted by molar-refractivity contribution is 0.224. The van der Waals surface area contributed by atoms with Crippen LogP contribution >= 0.6 is 0 Å². The Morgan fingerprint density at radius 3 is 2.58 bits per heavy atom. The Morgan fingerprint density at radius 2 is 1.95 bits per heavy atom. The van der Waals surface area contributed by atoms with Crippen LogP contribution in [-0.4, -0.2) is 45.9 Å². The number of hydrogen-bond donors (Lipinski definition) is 2. The zero-order chi connectivity index (χ0) is 14.5. The van der Waals surface area contributed by atoms with E-state index in [1.807, 2.05) is 7.05 Å². The zero-order valence-corrected chi connectivity index (χ0v) is 13.5. The summed E-state index contributed by atoms with van der Waals surface area (Å²) in [7, 11) is 0.179. The molecule has 0 aromatic heterocycles. The molecular formula is C13H29N3O2S. The molecule has 1 saturated carbocycles. The standard InChI is InChI=1S/C13H29N3O2S/c1-11-7-5-8-13(12(11)2)15-19(17,18)16(4)10-6-9-14-3/h11-15H,5-10H2,1-4H3. The van der Waals surface area contributed by atoms with E-state index in [0.29, 0.717) is 18.4 Å². The molecule has 1 aliphatic rings. The molecular weight excluding hydrogens is 262 g/mol. The van der Waals surface area contributed by atoms with E-state index in [-0.39, 0.29) is 6.04 Å². The Hall–Kier alpha value is -0.170. The third kappa shape index (κ3) is 5.02. The molecule has 0 radical (unpaired) electrons. The molecule has 2 N–H and O–H groups in total. The van der Waals surface area contributed by atoms with Gasteiger partial charge in [-0.25, -0.2) is 0 Å². The van der Waals surface area contributed by atoms with Gasteiger partial charge in [0, 0.05) is 19.6 Å². The fourth-order valence-corrected chi connectivity index (χ4v) is 3.89. The van der Waals surface area contributed by atoms with Crippen molar-refractivity contribution in [1.29, 1.82) is 0 Å². The first-order valence-electron chi connectivity index (χ1n) is 7.26. The Morgan fingerprint density at radius 1 is 1.26 bits per heavy atom. The van der Waals surface area contributed by atoms with Gasteiger partial charge in [0.05, 0.1) is 0 Å². The molecule has 0 aromatic carbocycles. The summed E-state index contributed by atoms with van der Waals surface area (Å²) in [6.45, 7) is 5.74. The van der Waals surface area contributed by atoms with Crippen LogP contribution in [0.25, 0.3) is 0 Å². The van der Waals surface area contributed by atoms with Crippen molar-refractivity contribution >= 4 is 10.2 Å². The van der Waals surface area contributed by atoms with Crippen LogP contribution in [0.1, 0.15) is 39.5 Å². The summed E-state index contributed by atoms with van der Waals surface area (Å²) >= 11 is 0. The van der Waals surface area contributed by atoms with Crippen LogP contribution in [-0.2, 0) is 10.2 Å². The van der Waals surface area contributed by atoms with Gasteiger partial charge in [-0.2, -0.15) is 17.4 Å². The van der Waals surface area contributed by atoms with Gasteiger partial charge in [0.25, 0.3) is 10.2 Å². The first-order valence-corrected chi connectivity index (χ1v) is 8.70. The number of rotatable bonds is 7. The molecule has 114 valence electrons. The molecule has 6 heteroatoms. The maximum Gasteiger partial charge on any atom is 0.279 e. The second kappa shape index (κ2) is 7.57. The van der Waals surface area contributed by atoms with Crippen LogP contribution in [0.4, 0.5) is 0 Å². The van der Waals surface area contributed by atoms with Gasteiger partial charge in [-0.1, -0.05) is 26.7 Å². The fraction of sp³-hybridized carbons (Fsp3) is 1.00. The monoisotopic (exact) mass is 291 g/mol. The molecule has 0 bridgehead atoms. The normalized spacial score (nSPS) is 28.8. The maximum absolute atomic E-state index is 12.2. The highest BCUT2D eigenvalue weighted by molar-refractivity contribution is 7.87. The van der Waals surface area contributed by atoms with Crippen LogP contribution in [0.2, 0.25) is 0 Å². The van der Waals surface area contributed by atoms with Gasteiger partial charge >= 0.3 is 0 Å². The molecule has 3 unspecified atom stereocenters. The molecule has 0 spiro atoms. The van der Waals surface area contributed by atoms with Crippen LogP contribution in [0.5, 0.6) is 0 Å². The lowest BCUT2D eigenvalue weighted by Crippen LogP contribution is -2.49. The lowest BCUT2D eigenvalue weighted by atomic mass is 9.78. The van der Waals surface area contributed by atoms with E-state index >= 15 is 0 Å². The Kier molecular flexibility index (Phi) is 6.73. The minimum Gasteiger partial charge on any atom is -0.320 e. The summed E-state index contributed by atoms with van der Waals surface area (Å²) in [5, 5.41) is 3.03. The molecule has 0 heterocycles. The van der Waals surface area contributed by atoms with Gasteiger partial charge in [0.15, 0.2) is 0 Å². The second-order valence-corrected chi connectivity index (χ2v) is 7.58. The van der Waals surface area contributed by atoms with E-state index in [2.05, 4.69) is 23.9 Å². The summed E-state index contributed by atoms with van der Waals surface area (Å²) in [5.74, 6) is 1.00. The van der Waals surface area contributed by atoms with Crippen LogP contribution in [0.3, 0.4) is 0 Å². The van der Waals surface area contributed by atoms with Gasteiger partial charge in [0.2, 0.25) is 0 Å². The molecule has 1 fully saturated rings. The Balaban J connectivity index is 2.53. The SMILES string of the molecule is CNCCCN(C)S(=O)(=O)NC1CCCC(C)C1C. The van der Waals surface area contributed by atoms with Gasteiger partial charge < -0.3 is 5.32 Å². The average molecular weight is 291 g/mol. The highest BCUT2D eigenvalue weighted by Crippen LogP contribution is 2.29. The van der Waals surface area contributed by atoms with E-state index < -0.39 is 10.2 Å². The van der Waals surface area contributed by atoms with E-state index in [9.17, 15) is 8.42 Å². The molecule has 0 aliphatic heterocycles. The Bertz CT molecular complexity index is 359. The minimum atomic E-state index is -3.34.